The van der Waals surface area contributed by atoms with Gasteiger partial charge in [0.15, 0.2) is 0 Å². The topological polar surface area (TPSA) is 28.4 Å². The Morgan fingerprint density at radius 3 is 2.56 bits per heavy atom. The number of nitrogens with zero attached hydrogens (tertiary/aromatic N) is 1. The van der Waals surface area contributed by atoms with Crippen LogP contribution in [-0.2, 0) is 6.54 Å². The Balaban J connectivity index is 0.00000113. The predicted octanol–water partition coefficient (Wildman–Crippen LogP) is 4.77. The third-order valence-electron chi connectivity index (χ3n) is 5.06. The number of benzene rings is 1. The van der Waals surface area contributed by atoms with Crippen LogP contribution in [0, 0.1) is 11.7 Å². The van der Waals surface area contributed by atoms with E-state index in [-0.39, 0.29) is 29.8 Å². The number of hydrogen-bond acceptors (Lipinski definition) is 3. The highest BCUT2D eigenvalue weighted by molar-refractivity contribution is 6.31. The average Bonchev–Trinajstić information content (AvgIpc) is 3.05. The molecular formula is C18H22Cl3FN2O. The van der Waals surface area contributed by atoms with E-state index < -0.39 is 5.82 Å². The van der Waals surface area contributed by atoms with Gasteiger partial charge in [-0.05, 0) is 62.2 Å². The van der Waals surface area contributed by atoms with Crippen molar-refractivity contribution in [2.24, 2.45) is 5.92 Å². The minimum atomic E-state index is -0.411. The molecule has 4 heterocycles. The zero-order valence-electron chi connectivity index (χ0n) is 13.7. The van der Waals surface area contributed by atoms with E-state index in [0.717, 1.165) is 36.1 Å². The highest BCUT2D eigenvalue weighted by Crippen LogP contribution is 2.29. The maximum absolute atomic E-state index is 13.2. The molecule has 2 aromatic rings. The maximum Gasteiger partial charge on any atom is 0.141 e. The molecule has 138 valence electrons. The summed E-state index contributed by atoms with van der Waals surface area (Å²) in [5, 5.41) is 3.75. The molecule has 1 N–H and O–H groups in total. The highest BCUT2D eigenvalue weighted by Gasteiger charge is 2.33. The van der Waals surface area contributed by atoms with Gasteiger partial charge in [-0.15, -0.1) is 24.8 Å². The van der Waals surface area contributed by atoms with Crippen LogP contribution < -0.4 is 5.32 Å². The van der Waals surface area contributed by atoms with Gasteiger partial charge in [-0.1, -0.05) is 11.6 Å². The van der Waals surface area contributed by atoms with Crippen molar-refractivity contribution in [1.29, 1.82) is 0 Å². The largest absolute Gasteiger partial charge is 0.460 e. The van der Waals surface area contributed by atoms with Crippen LogP contribution >= 0.6 is 36.4 Å². The quantitative estimate of drug-likeness (QED) is 0.791. The number of rotatable bonds is 4. The van der Waals surface area contributed by atoms with Gasteiger partial charge in [0.05, 0.1) is 11.6 Å². The van der Waals surface area contributed by atoms with E-state index in [9.17, 15) is 4.39 Å². The SMILES string of the molecule is Cl.Cl.Fc1ccc(-c2ccc(CNC3CN4CCC3CC4)o2)cc1Cl. The zero-order chi connectivity index (χ0) is 15.8. The molecule has 7 heteroatoms. The summed E-state index contributed by atoms with van der Waals surface area (Å²) >= 11 is 5.84. The van der Waals surface area contributed by atoms with Crippen LogP contribution in [0.15, 0.2) is 34.7 Å². The lowest BCUT2D eigenvalue weighted by atomic mass is 9.84. The lowest BCUT2D eigenvalue weighted by Crippen LogP contribution is -2.55. The monoisotopic (exact) mass is 406 g/mol. The summed E-state index contributed by atoms with van der Waals surface area (Å²) in [6.07, 6.45) is 2.60. The molecule has 1 unspecified atom stereocenters. The fraction of sp³-hybridized carbons (Fsp3) is 0.444. The van der Waals surface area contributed by atoms with Crippen LogP contribution in [0.2, 0.25) is 5.02 Å². The predicted molar refractivity (Wildman–Crippen MR) is 103 cm³/mol. The Kier molecular flexibility index (Phi) is 7.18. The van der Waals surface area contributed by atoms with Crippen molar-refractivity contribution in [3.8, 4) is 11.3 Å². The van der Waals surface area contributed by atoms with Gasteiger partial charge in [0.2, 0.25) is 0 Å². The van der Waals surface area contributed by atoms with Crippen molar-refractivity contribution in [3.05, 3.63) is 46.9 Å². The fourth-order valence-corrected chi connectivity index (χ4v) is 3.89. The highest BCUT2D eigenvalue weighted by atomic mass is 35.5. The second-order valence-corrected chi connectivity index (χ2v) is 6.93. The van der Waals surface area contributed by atoms with Crippen molar-refractivity contribution >= 4 is 36.4 Å². The number of piperidine rings is 3. The molecule has 1 aromatic carbocycles. The molecular weight excluding hydrogens is 386 g/mol. The molecule has 0 radical (unpaired) electrons. The molecule has 1 atom stereocenters. The molecule has 0 amide bonds. The second kappa shape index (κ2) is 8.74. The summed E-state index contributed by atoms with van der Waals surface area (Å²) in [6.45, 7) is 4.37. The van der Waals surface area contributed by atoms with Crippen LogP contribution in [0.3, 0.4) is 0 Å². The van der Waals surface area contributed by atoms with Crippen LogP contribution in [0.1, 0.15) is 18.6 Å². The van der Waals surface area contributed by atoms with Gasteiger partial charge in [0.1, 0.15) is 17.3 Å². The van der Waals surface area contributed by atoms with Gasteiger partial charge >= 0.3 is 0 Å². The van der Waals surface area contributed by atoms with E-state index in [2.05, 4.69) is 10.2 Å². The third kappa shape index (κ3) is 4.50. The summed E-state index contributed by atoms with van der Waals surface area (Å²) in [5.41, 5.74) is 0.797. The zero-order valence-corrected chi connectivity index (χ0v) is 16.1. The molecule has 3 fully saturated rings. The Morgan fingerprint density at radius 2 is 1.92 bits per heavy atom. The number of fused-ring (bicyclic) bond motifs is 3. The first-order valence-electron chi connectivity index (χ1n) is 8.19. The number of hydrogen-bond donors (Lipinski definition) is 1. The minimum absolute atomic E-state index is 0. The van der Waals surface area contributed by atoms with E-state index in [4.69, 9.17) is 16.0 Å². The van der Waals surface area contributed by atoms with Crippen LogP contribution in [0.5, 0.6) is 0 Å². The molecule has 1 aromatic heterocycles. The van der Waals surface area contributed by atoms with Gasteiger partial charge in [0.25, 0.3) is 0 Å². The molecule has 3 saturated heterocycles. The van der Waals surface area contributed by atoms with E-state index in [1.807, 2.05) is 12.1 Å². The fourth-order valence-electron chi connectivity index (χ4n) is 3.71. The van der Waals surface area contributed by atoms with Crippen molar-refractivity contribution in [1.82, 2.24) is 10.2 Å². The van der Waals surface area contributed by atoms with E-state index in [1.165, 1.54) is 32.0 Å². The first kappa shape index (κ1) is 20.5. The van der Waals surface area contributed by atoms with Gasteiger partial charge in [-0.3, -0.25) is 0 Å². The maximum atomic E-state index is 13.2. The average molecular weight is 408 g/mol. The third-order valence-corrected chi connectivity index (χ3v) is 5.35. The molecule has 3 aliphatic rings. The lowest BCUT2D eigenvalue weighted by molar-refractivity contribution is 0.0711. The summed E-state index contributed by atoms with van der Waals surface area (Å²) < 4.78 is 19.1. The molecule has 3 aliphatic heterocycles. The summed E-state index contributed by atoms with van der Waals surface area (Å²) in [7, 11) is 0. The summed E-state index contributed by atoms with van der Waals surface area (Å²) in [6, 6.07) is 9.10. The van der Waals surface area contributed by atoms with E-state index in [1.54, 1.807) is 12.1 Å². The first-order valence-corrected chi connectivity index (χ1v) is 8.57. The van der Waals surface area contributed by atoms with Crippen molar-refractivity contribution in [2.45, 2.75) is 25.4 Å². The van der Waals surface area contributed by atoms with Gasteiger partial charge in [-0.25, -0.2) is 4.39 Å². The van der Waals surface area contributed by atoms with Crippen molar-refractivity contribution < 1.29 is 8.81 Å². The van der Waals surface area contributed by atoms with Gasteiger partial charge in [-0.2, -0.15) is 0 Å². The van der Waals surface area contributed by atoms with Crippen LogP contribution in [0.4, 0.5) is 4.39 Å². The Bertz CT molecular complexity index is 701. The molecule has 3 nitrogen and oxygen atoms in total. The molecule has 0 aliphatic carbocycles. The number of halogens is 4. The smallest absolute Gasteiger partial charge is 0.141 e. The van der Waals surface area contributed by atoms with Gasteiger partial charge < -0.3 is 14.6 Å². The summed E-state index contributed by atoms with van der Waals surface area (Å²) in [5.74, 6) is 2.01. The van der Waals surface area contributed by atoms with E-state index >= 15 is 0 Å². The molecule has 0 spiro atoms. The van der Waals surface area contributed by atoms with Crippen molar-refractivity contribution in [2.75, 3.05) is 19.6 Å². The molecule has 0 saturated carbocycles. The Hall–Kier alpha value is -0.780. The van der Waals surface area contributed by atoms with Crippen molar-refractivity contribution in [3.63, 3.8) is 0 Å². The van der Waals surface area contributed by atoms with E-state index in [0.29, 0.717) is 6.04 Å². The van der Waals surface area contributed by atoms with Crippen LogP contribution in [-0.4, -0.2) is 30.6 Å². The number of nitrogens with one attached hydrogen (secondary N) is 1. The standard InChI is InChI=1S/C18H20ClFN2O.2ClH/c19-15-9-13(1-3-16(15)20)18-4-2-14(23-18)10-21-17-11-22-7-5-12(17)6-8-22;;/h1-4,9,12,17,21H,5-8,10-11H2;2*1H. The Labute approximate surface area is 164 Å². The van der Waals surface area contributed by atoms with Gasteiger partial charge in [0, 0.05) is 18.2 Å². The number of furan rings is 1. The molecule has 2 bridgehead atoms. The normalized spacial score (nSPS) is 24.5. The minimum Gasteiger partial charge on any atom is -0.460 e. The molecule has 25 heavy (non-hydrogen) atoms. The molecule has 5 rings (SSSR count). The second-order valence-electron chi connectivity index (χ2n) is 6.52. The first-order chi connectivity index (χ1) is 11.2. The lowest BCUT2D eigenvalue weighted by Gasteiger charge is -2.45. The summed E-state index contributed by atoms with van der Waals surface area (Å²) in [4.78, 5) is 2.53. The Morgan fingerprint density at radius 1 is 1.16 bits per heavy atom. The van der Waals surface area contributed by atoms with Crippen LogP contribution in [0.25, 0.3) is 11.3 Å².